The average Bonchev–Trinajstić information content (AvgIpc) is 2.78. The number of carboxylic acids is 1. The minimum Gasteiger partial charge on any atom is -0.481 e. The highest BCUT2D eigenvalue weighted by molar-refractivity contribution is 5.70. The van der Waals surface area contributed by atoms with Gasteiger partial charge < -0.3 is 14.6 Å². The van der Waals surface area contributed by atoms with Gasteiger partial charge in [-0.3, -0.25) is 14.4 Å². The fourth-order valence-corrected chi connectivity index (χ4v) is 3.65. The summed E-state index contributed by atoms with van der Waals surface area (Å²) >= 11 is 0. The van der Waals surface area contributed by atoms with Crippen molar-refractivity contribution in [2.75, 3.05) is 13.2 Å². The van der Waals surface area contributed by atoms with Crippen LogP contribution in [0.4, 0.5) is 0 Å². The Hall–Kier alpha value is -1.59. The molecule has 0 amide bonds. The minimum absolute atomic E-state index is 0.0595. The molecular weight excluding hydrogens is 408 g/mol. The van der Waals surface area contributed by atoms with E-state index in [0.717, 1.165) is 57.8 Å². The Morgan fingerprint density at radius 3 is 1.56 bits per heavy atom. The monoisotopic (exact) mass is 456 g/mol. The van der Waals surface area contributed by atoms with Gasteiger partial charge in [-0.15, -0.1) is 0 Å². The van der Waals surface area contributed by atoms with Crippen molar-refractivity contribution >= 4 is 17.9 Å². The zero-order chi connectivity index (χ0) is 24.0. The molecule has 0 rings (SSSR count). The van der Waals surface area contributed by atoms with Gasteiger partial charge in [-0.05, 0) is 43.9 Å². The van der Waals surface area contributed by atoms with Gasteiger partial charge in [-0.2, -0.15) is 0 Å². The number of carbonyl (C=O) groups excluding carboxylic acids is 2. The lowest BCUT2D eigenvalue weighted by molar-refractivity contribution is -0.146. The first-order valence-electron chi connectivity index (χ1n) is 13.0. The molecule has 0 aromatic carbocycles. The van der Waals surface area contributed by atoms with Crippen LogP contribution in [0.15, 0.2) is 0 Å². The van der Waals surface area contributed by atoms with E-state index in [0.29, 0.717) is 50.7 Å². The second-order valence-electron chi connectivity index (χ2n) is 8.96. The van der Waals surface area contributed by atoms with Crippen LogP contribution >= 0.6 is 0 Å². The van der Waals surface area contributed by atoms with Crippen molar-refractivity contribution in [1.82, 2.24) is 0 Å². The Morgan fingerprint density at radius 1 is 0.625 bits per heavy atom. The lowest BCUT2D eigenvalue weighted by Gasteiger charge is -2.15. The van der Waals surface area contributed by atoms with E-state index in [2.05, 4.69) is 20.8 Å². The van der Waals surface area contributed by atoms with Crippen LogP contribution in [-0.4, -0.2) is 36.2 Å². The number of rotatable bonds is 22. The Kier molecular flexibility index (Phi) is 20.2. The molecule has 0 spiro atoms. The molecule has 32 heavy (non-hydrogen) atoms. The highest BCUT2D eigenvalue weighted by atomic mass is 16.5. The molecule has 0 aromatic heterocycles. The predicted octanol–water partition coefficient (Wildman–Crippen LogP) is 6.69. The number of carboxylic acid groups (broad SMARTS) is 1. The summed E-state index contributed by atoms with van der Waals surface area (Å²) in [6, 6.07) is 0. The summed E-state index contributed by atoms with van der Waals surface area (Å²) in [5, 5.41) is 8.60. The van der Waals surface area contributed by atoms with E-state index in [1.807, 2.05) is 0 Å². The van der Waals surface area contributed by atoms with Crippen molar-refractivity contribution in [2.45, 2.75) is 124 Å². The molecule has 1 N–H and O–H groups in total. The van der Waals surface area contributed by atoms with Crippen LogP contribution in [-0.2, 0) is 23.9 Å². The van der Waals surface area contributed by atoms with Crippen molar-refractivity contribution in [1.29, 1.82) is 0 Å². The normalized spacial score (nSPS) is 12.8. The second-order valence-corrected chi connectivity index (χ2v) is 8.96. The number of aliphatic carboxylic acids is 1. The Balaban J connectivity index is 3.68. The van der Waals surface area contributed by atoms with E-state index in [-0.39, 0.29) is 18.4 Å². The fraction of sp³-hybridized carbons (Fsp3) is 0.885. The Labute approximate surface area is 195 Å². The van der Waals surface area contributed by atoms with Crippen molar-refractivity contribution in [3.05, 3.63) is 0 Å². The molecule has 0 heterocycles. The van der Waals surface area contributed by atoms with Gasteiger partial charge in [0.1, 0.15) is 0 Å². The molecule has 2 atom stereocenters. The molecule has 0 saturated carbocycles. The van der Waals surface area contributed by atoms with E-state index in [1.54, 1.807) is 0 Å². The molecule has 0 aliphatic heterocycles. The van der Waals surface area contributed by atoms with Crippen LogP contribution in [0.3, 0.4) is 0 Å². The van der Waals surface area contributed by atoms with Gasteiger partial charge in [0.05, 0.1) is 13.2 Å². The number of hydrogen-bond donors (Lipinski definition) is 1. The number of ether oxygens (including phenoxy) is 2. The molecule has 0 aromatic rings. The molecular formula is C26H48O6. The largest absolute Gasteiger partial charge is 0.481 e. The summed E-state index contributed by atoms with van der Waals surface area (Å²) in [6.45, 7) is 7.48. The number of hydrogen-bond acceptors (Lipinski definition) is 5. The Morgan fingerprint density at radius 2 is 1.06 bits per heavy atom. The first-order valence-corrected chi connectivity index (χ1v) is 13.0. The van der Waals surface area contributed by atoms with E-state index in [1.165, 1.54) is 12.8 Å². The predicted molar refractivity (Wildman–Crippen MR) is 127 cm³/mol. The highest BCUT2D eigenvalue weighted by Crippen LogP contribution is 2.17. The number of carbonyl (C=O) groups is 3. The molecule has 2 unspecified atom stereocenters. The van der Waals surface area contributed by atoms with Gasteiger partial charge in [0, 0.05) is 19.3 Å². The van der Waals surface area contributed by atoms with Crippen LogP contribution in [0.2, 0.25) is 0 Å². The van der Waals surface area contributed by atoms with Gasteiger partial charge in [-0.25, -0.2) is 0 Å². The van der Waals surface area contributed by atoms with Gasteiger partial charge in [0.25, 0.3) is 0 Å². The maximum absolute atomic E-state index is 11.9. The van der Waals surface area contributed by atoms with E-state index >= 15 is 0 Å². The van der Waals surface area contributed by atoms with Gasteiger partial charge in [0.15, 0.2) is 0 Å². The maximum Gasteiger partial charge on any atom is 0.305 e. The molecule has 0 fully saturated rings. The minimum atomic E-state index is -0.827. The average molecular weight is 457 g/mol. The first kappa shape index (κ1) is 30.4. The lowest BCUT2D eigenvalue weighted by Crippen LogP contribution is -2.14. The second kappa shape index (κ2) is 21.3. The summed E-state index contributed by atoms with van der Waals surface area (Å²) in [5.41, 5.74) is 0. The third-order valence-corrected chi connectivity index (χ3v) is 6.10. The number of esters is 2. The zero-order valence-corrected chi connectivity index (χ0v) is 20.9. The summed E-state index contributed by atoms with van der Waals surface area (Å²) in [4.78, 5) is 34.1. The van der Waals surface area contributed by atoms with Crippen molar-refractivity contribution in [2.24, 2.45) is 11.8 Å². The Bertz CT molecular complexity index is 491. The zero-order valence-electron chi connectivity index (χ0n) is 20.9. The van der Waals surface area contributed by atoms with Crippen LogP contribution in [0.1, 0.15) is 124 Å². The third kappa shape index (κ3) is 19.1. The summed E-state index contributed by atoms with van der Waals surface area (Å²) in [5.74, 6) is -0.229. The molecule has 0 aliphatic rings. The first-order chi connectivity index (χ1) is 15.4. The molecule has 6 heteroatoms. The number of unbranched alkanes of at least 4 members (excludes halogenated alkanes) is 6. The van der Waals surface area contributed by atoms with Crippen molar-refractivity contribution in [3.63, 3.8) is 0 Å². The molecule has 0 bridgehead atoms. The van der Waals surface area contributed by atoms with Crippen LogP contribution in [0, 0.1) is 11.8 Å². The summed E-state index contributed by atoms with van der Waals surface area (Å²) in [7, 11) is 0. The molecule has 0 radical (unpaired) electrons. The van der Waals surface area contributed by atoms with Crippen LogP contribution in [0.5, 0.6) is 0 Å². The molecule has 188 valence electrons. The van der Waals surface area contributed by atoms with Crippen LogP contribution < -0.4 is 0 Å². The third-order valence-electron chi connectivity index (χ3n) is 6.10. The molecule has 0 saturated heterocycles. The topological polar surface area (TPSA) is 89.9 Å². The van der Waals surface area contributed by atoms with Crippen molar-refractivity contribution in [3.8, 4) is 0 Å². The summed E-state index contributed by atoms with van der Waals surface area (Å²) in [6.07, 6.45) is 13.9. The standard InChI is InChI=1S/C26H48O6/c1-4-7-15-22(5-2)20-31-25(29)18-12-10-8-9-11-16-23(6-3)21-32-26(30)19-14-13-17-24(27)28/h22-23H,4-21H2,1-3H3,(H,27,28). The van der Waals surface area contributed by atoms with Gasteiger partial charge in [-0.1, -0.05) is 72.1 Å². The van der Waals surface area contributed by atoms with Gasteiger partial charge >= 0.3 is 17.9 Å². The maximum atomic E-state index is 11.9. The van der Waals surface area contributed by atoms with E-state index in [4.69, 9.17) is 14.6 Å². The smallest absolute Gasteiger partial charge is 0.305 e. The SMILES string of the molecule is CCCCC(CC)COC(=O)CCCCCCCC(CC)COC(=O)CCCCC(=O)O. The fourth-order valence-electron chi connectivity index (χ4n) is 3.65. The highest BCUT2D eigenvalue weighted by Gasteiger charge is 2.12. The van der Waals surface area contributed by atoms with Crippen LogP contribution in [0.25, 0.3) is 0 Å². The summed E-state index contributed by atoms with van der Waals surface area (Å²) < 4.78 is 10.8. The molecule has 6 nitrogen and oxygen atoms in total. The lowest BCUT2D eigenvalue weighted by atomic mass is 9.98. The van der Waals surface area contributed by atoms with E-state index in [9.17, 15) is 14.4 Å². The van der Waals surface area contributed by atoms with E-state index < -0.39 is 5.97 Å². The van der Waals surface area contributed by atoms with Gasteiger partial charge in [0.2, 0.25) is 0 Å². The molecule has 0 aliphatic carbocycles. The quantitative estimate of drug-likeness (QED) is 0.144. The van der Waals surface area contributed by atoms with Crippen molar-refractivity contribution < 1.29 is 29.0 Å².